The molecule has 7 nitrogen and oxygen atoms in total. The van der Waals surface area contributed by atoms with Gasteiger partial charge in [0.15, 0.2) is 6.61 Å². The van der Waals surface area contributed by atoms with Gasteiger partial charge in [-0.1, -0.05) is 19.1 Å². The number of nitrogens with one attached hydrogen (secondary N) is 1. The number of nitrogens with zero attached hydrogens (tertiary/aromatic N) is 3. The highest BCUT2D eigenvalue weighted by Gasteiger charge is 2.22. The third-order valence-electron chi connectivity index (χ3n) is 6.02. The van der Waals surface area contributed by atoms with Crippen LogP contribution in [0.4, 0.5) is 5.95 Å². The number of anilines is 1. The first kappa shape index (κ1) is 21.4. The van der Waals surface area contributed by atoms with Crippen molar-refractivity contribution in [2.45, 2.75) is 57.6 Å². The van der Waals surface area contributed by atoms with E-state index in [4.69, 9.17) is 24.5 Å². The van der Waals surface area contributed by atoms with Gasteiger partial charge in [-0.05, 0) is 49.3 Å². The molecule has 31 heavy (non-hydrogen) atoms. The van der Waals surface area contributed by atoms with Gasteiger partial charge in [0, 0.05) is 25.1 Å². The van der Waals surface area contributed by atoms with Crippen molar-refractivity contribution in [3.63, 3.8) is 0 Å². The third kappa shape index (κ3) is 5.86. The fourth-order valence-electron chi connectivity index (χ4n) is 4.11. The zero-order chi connectivity index (χ0) is 21.5. The highest BCUT2D eigenvalue weighted by atomic mass is 16.5. The third-order valence-corrected chi connectivity index (χ3v) is 6.02. The van der Waals surface area contributed by atoms with E-state index in [1.807, 2.05) is 36.5 Å². The minimum Gasteiger partial charge on any atom is -0.479 e. The predicted octanol–water partition coefficient (Wildman–Crippen LogP) is 4.59. The molecule has 2 fully saturated rings. The molecule has 1 saturated heterocycles. The van der Waals surface area contributed by atoms with Gasteiger partial charge in [0.2, 0.25) is 11.8 Å². The molecule has 1 aliphatic carbocycles. The normalized spacial score (nSPS) is 21.8. The largest absolute Gasteiger partial charge is 0.479 e. The van der Waals surface area contributed by atoms with E-state index in [-0.39, 0.29) is 12.7 Å². The van der Waals surface area contributed by atoms with E-state index in [0.29, 0.717) is 36.8 Å². The van der Waals surface area contributed by atoms with E-state index in [1.54, 1.807) is 0 Å². The Hall–Kier alpha value is -2.85. The molecule has 0 bridgehead atoms. The lowest BCUT2D eigenvalue weighted by Gasteiger charge is -2.27. The van der Waals surface area contributed by atoms with E-state index < -0.39 is 0 Å². The Bertz CT molecular complexity index is 883. The van der Waals surface area contributed by atoms with Gasteiger partial charge < -0.3 is 19.5 Å². The first-order valence-corrected chi connectivity index (χ1v) is 11.2. The quantitative estimate of drug-likeness (QED) is 0.698. The number of rotatable bonds is 7. The lowest BCUT2D eigenvalue weighted by atomic mass is 9.87. The maximum absolute atomic E-state index is 8.69. The van der Waals surface area contributed by atoms with Gasteiger partial charge in [0.05, 0.1) is 18.8 Å². The van der Waals surface area contributed by atoms with Crippen LogP contribution in [0.3, 0.4) is 0 Å². The Labute approximate surface area is 183 Å². The number of nitriles is 1. The SMILES string of the molecule is CC1CCC(Nc2ncc(-c3ccc(OCC#N)cc3)c(OC3CCOCC3)n2)CC1. The summed E-state index contributed by atoms with van der Waals surface area (Å²) in [7, 11) is 0. The number of ether oxygens (including phenoxy) is 3. The summed E-state index contributed by atoms with van der Waals surface area (Å²) in [5.74, 6) is 2.68. The van der Waals surface area contributed by atoms with Gasteiger partial charge in [0.1, 0.15) is 17.9 Å². The average Bonchev–Trinajstić information content (AvgIpc) is 2.81. The van der Waals surface area contributed by atoms with Crippen LogP contribution in [0, 0.1) is 17.2 Å². The molecule has 1 aliphatic heterocycles. The van der Waals surface area contributed by atoms with E-state index >= 15 is 0 Å². The van der Waals surface area contributed by atoms with Crippen molar-refractivity contribution in [3.05, 3.63) is 30.5 Å². The van der Waals surface area contributed by atoms with Crippen LogP contribution in [0.2, 0.25) is 0 Å². The van der Waals surface area contributed by atoms with Crippen molar-refractivity contribution < 1.29 is 14.2 Å². The molecule has 2 aromatic rings. The fraction of sp³-hybridized carbons (Fsp3) is 0.542. The summed E-state index contributed by atoms with van der Waals surface area (Å²) >= 11 is 0. The van der Waals surface area contributed by atoms with E-state index in [2.05, 4.69) is 17.2 Å². The van der Waals surface area contributed by atoms with E-state index in [1.165, 1.54) is 12.8 Å². The molecule has 0 radical (unpaired) electrons. The predicted molar refractivity (Wildman–Crippen MR) is 118 cm³/mol. The fourth-order valence-corrected chi connectivity index (χ4v) is 4.11. The molecular weight excluding hydrogens is 392 g/mol. The maximum Gasteiger partial charge on any atom is 0.226 e. The van der Waals surface area contributed by atoms with Crippen molar-refractivity contribution in [2.24, 2.45) is 5.92 Å². The lowest BCUT2D eigenvalue weighted by molar-refractivity contribution is 0.0240. The second-order valence-electron chi connectivity index (χ2n) is 8.41. The van der Waals surface area contributed by atoms with Crippen LogP contribution in [0.15, 0.2) is 30.5 Å². The minimum atomic E-state index is 0.0287. The van der Waals surface area contributed by atoms with Crippen molar-refractivity contribution in [1.82, 2.24) is 9.97 Å². The number of hydrogen-bond donors (Lipinski definition) is 1. The van der Waals surface area contributed by atoms with Gasteiger partial charge in [-0.2, -0.15) is 10.2 Å². The Balaban J connectivity index is 1.55. The second kappa shape index (κ2) is 10.5. The highest BCUT2D eigenvalue weighted by Crippen LogP contribution is 2.32. The number of aromatic nitrogens is 2. The topological polar surface area (TPSA) is 89.3 Å². The molecule has 2 heterocycles. The molecule has 1 aromatic carbocycles. The molecule has 1 saturated carbocycles. The molecule has 1 aromatic heterocycles. The minimum absolute atomic E-state index is 0.0287. The summed E-state index contributed by atoms with van der Waals surface area (Å²) in [6.07, 6.45) is 8.40. The Kier molecular flexibility index (Phi) is 7.21. The Morgan fingerprint density at radius 3 is 2.55 bits per heavy atom. The summed E-state index contributed by atoms with van der Waals surface area (Å²) in [5, 5.41) is 12.2. The molecule has 0 amide bonds. The summed E-state index contributed by atoms with van der Waals surface area (Å²) in [6.45, 7) is 3.77. The highest BCUT2D eigenvalue weighted by molar-refractivity contribution is 5.69. The zero-order valence-corrected chi connectivity index (χ0v) is 18.0. The van der Waals surface area contributed by atoms with Crippen LogP contribution >= 0.6 is 0 Å². The molecule has 1 N–H and O–H groups in total. The van der Waals surface area contributed by atoms with Crippen molar-refractivity contribution >= 4 is 5.95 Å². The molecule has 7 heteroatoms. The number of hydrogen-bond acceptors (Lipinski definition) is 7. The molecule has 164 valence electrons. The van der Waals surface area contributed by atoms with Crippen molar-refractivity contribution in [3.8, 4) is 28.8 Å². The molecule has 2 aliphatic rings. The summed E-state index contributed by atoms with van der Waals surface area (Å²) < 4.78 is 17.2. The first-order chi connectivity index (χ1) is 15.2. The first-order valence-electron chi connectivity index (χ1n) is 11.2. The van der Waals surface area contributed by atoms with Gasteiger partial charge >= 0.3 is 0 Å². The Morgan fingerprint density at radius 1 is 1.10 bits per heavy atom. The second-order valence-corrected chi connectivity index (χ2v) is 8.41. The van der Waals surface area contributed by atoms with E-state index in [0.717, 1.165) is 42.7 Å². The summed E-state index contributed by atoms with van der Waals surface area (Å²) in [5.41, 5.74) is 1.80. The zero-order valence-electron chi connectivity index (χ0n) is 18.0. The van der Waals surface area contributed by atoms with Gasteiger partial charge in [-0.25, -0.2) is 4.98 Å². The van der Waals surface area contributed by atoms with E-state index in [9.17, 15) is 0 Å². The monoisotopic (exact) mass is 422 g/mol. The van der Waals surface area contributed by atoms with Crippen LogP contribution in [0.25, 0.3) is 11.1 Å². The average molecular weight is 423 g/mol. The van der Waals surface area contributed by atoms with Gasteiger partial charge in [-0.3, -0.25) is 0 Å². The van der Waals surface area contributed by atoms with Crippen LogP contribution in [-0.2, 0) is 4.74 Å². The molecule has 4 rings (SSSR count). The standard InChI is InChI=1S/C24H30N4O3/c1-17-2-6-19(7-3-17)27-24-26-16-22(18-4-8-20(9-5-18)30-15-12-25)23(28-24)31-21-10-13-29-14-11-21/h4-5,8-9,16-17,19,21H,2-3,6-7,10-11,13-15H2,1H3,(H,26,27,28). The van der Waals surface area contributed by atoms with Crippen molar-refractivity contribution in [2.75, 3.05) is 25.1 Å². The van der Waals surface area contributed by atoms with Crippen LogP contribution in [-0.4, -0.2) is 41.9 Å². The smallest absolute Gasteiger partial charge is 0.226 e. The molecule has 0 unspecified atom stereocenters. The van der Waals surface area contributed by atoms with Crippen LogP contribution in [0.1, 0.15) is 45.4 Å². The maximum atomic E-state index is 8.69. The summed E-state index contributed by atoms with van der Waals surface area (Å²) in [6, 6.07) is 9.97. The summed E-state index contributed by atoms with van der Waals surface area (Å²) in [4.78, 5) is 9.36. The molecular formula is C24H30N4O3. The Morgan fingerprint density at radius 2 is 1.84 bits per heavy atom. The van der Waals surface area contributed by atoms with Crippen LogP contribution in [0.5, 0.6) is 11.6 Å². The van der Waals surface area contributed by atoms with Crippen molar-refractivity contribution in [1.29, 1.82) is 5.26 Å². The van der Waals surface area contributed by atoms with Crippen LogP contribution < -0.4 is 14.8 Å². The molecule has 0 atom stereocenters. The van der Waals surface area contributed by atoms with Gasteiger partial charge in [-0.15, -0.1) is 0 Å². The molecule has 0 spiro atoms. The lowest BCUT2D eigenvalue weighted by Crippen LogP contribution is -2.28. The number of benzene rings is 1. The van der Waals surface area contributed by atoms with Gasteiger partial charge in [0.25, 0.3) is 0 Å².